The number of nitrogens with zero attached hydrogens (tertiary/aromatic N) is 1. The Hall–Kier alpha value is -2.55. The minimum Gasteiger partial charge on any atom is -0.447 e. The molecule has 1 N–H and O–H groups in total. The molecule has 0 spiro atoms. The zero-order chi connectivity index (χ0) is 18.9. The van der Waals surface area contributed by atoms with Gasteiger partial charge in [0.25, 0.3) is 5.91 Å². The number of benzene rings is 2. The smallest absolute Gasteiger partial charge is 0.417 e. The second-order valence-electron chi connectivity index (χ2n) is 5.46. The molecule has 1 heterocycles. The largest absolute Gasteiger partial charge is 0.447 e. The number of amides is 2. The lowest BCUT2D eigenvalue weighted by Crippen LogP contribution is -2.23. The molecule has 5 nitrogen and oxygen atoms in total. The molecule has 3 rings (SSSR count). The van der Waals surface area contributed by atoms with Crippen LogP contribution in [0.4, 0.5) is 29.3 Å². The molecule has 1 aliphatic heterocycles. The zero-order valence-electron chi connectivity index (χ0n) is 13.1. The molecule has 2 aromatic carbocycles. The van der Waals surface area contributed by atoms with Crippen LogP contribution in [-0.2, 0) is 10.9 Å². The monoisotopic (exact) mass is 428 g/mol. The molecule has 26 heavy (non-hydrogen) atoms. The minimum atomic E-state index is -4.55. The van der Waals surface area contributed by atoms with Crippen molar-refractivity contribution in [2.45, 2.75) is 6.18 Å². The normalized spacial score (nSPS) is 14.3. The Labute approximate surface area is 154 Å². The third kappa shape index (κ3) is 3.82. The van der Waals surface area contributed by atoms with Crippen molar-refractivity contribution in [3.05, 3.63) is 58.1 Å². The van der Waals surface area contributed by atoms with Crippen LogP contribution in [-0.4, -0.2) is 25.2 Å². The first kappa shape index (κ1) is 18.2. The zero-order valence-corrected chi connectivity index (χ0v) is 14.7. The molecule has 2 amide bonds. The molecule has 1 saturated heterocycles. The number of hydrogen-bond acceptors (Lipinski definition) is 3. The number of cyclic esters (lactones) is 1. The topological polar surface area (TPSA) is 58.6 Å². The Morgan fingerprint density at radius 1 is 1.19 bits per heavy atom. The number of anilines is 2. The highest BCUT2D eigenvalue weighted by Crippen LogP contribution is 2.36. The van der Waals surface area contributed by atoms with Crippen molar-refractivity contribution in [3.63, 3.8) is 0 Å². The summed E-state index contributed by atoms with van der Waals surface area (Å²) in [4.78, 5) is 25.3. The molecular weight excluding hydrogens is 417 g/mol. The van der Waals surface area contributed by atoms with Gasteiger partial charge in [-0.15, -0.1) is 0 Å². The maximum atomic E-state index is 13.0. The Kier molecular flexibility index (Phi) is 4.90. The predicted octanol–water partition coefficient (Wildman–Crippen LogP) is 4.68. The summed E-state index contributed by atoms with van der Waals surface area (Å²) in [5, 5.41) is 2.43. The first-order valence-electron chi connectivity index (χ1n) is 7.48. The summed E-state index contributed by atoms with van der Waals surface area (Å²) in [6.07, 6.45) is -5.06. The van der Waals surface area contributed by atoms with Crippen LogP contribution in [0.25, 0.3) is 0 Å². The van der Waals surface area contributed by atoms with Gasteiger partial charge in [-0.05, 0) is 36.4 Å². The van der Waals surface area contributed by atoms with Crippen molar-refractivity contribution >= 4 is 39.3 Å². The van der Waals surface area contributed by atoms with Crippen LogP contribution in [0.5, 0.6) is 0 Å². The first-order chi connectivity index (χ1) is 12.3. The maximum Gasteiger partial charge on any atom is 0.417 e. The second-order valence-corrected chi connectivity index (χ2v) is 6.32. The lowest BCUT2D eigenvalue weighted by Gasteiger charge is -2.14. The van der Waals surface area contributed by atoms with E-state index < -0.39 is 23.7 Å². The van der Waals surface area contributed by atoms with Gasteiger partial charge in [-0.3, -0.25) is 9.69 Å². The molecule has 136 valence electrons. The minimum absolute atomic E-state index is 0.0107. The van der Waals surface area contributed by atoms with Gasteiger partial charge in [0.2, 0.25) is 0 Å². The average molecular weight is 429 g/mol. The highest BCUT2D eigenvalue weighted by Gasteiger charge is 2.33. The average Bonchev–Trinajstić information content (AvgIpc) is 3.02. The fourth-order valence-electron chi connectivity index (χ4n) is 2.47. The summed E-state index contributed by atoms with van der Waals surface area (Å²) in [5.74, 6) is -0.588. The van der Waals surface area contributed by atoms with E-state index in [9.17, 15) is 22.8 Å². The molecule has 1 aliphatic rings. The molecule has 0 bridgehead atoms. The third-order valence-electron chi connectivity index (χ3n) is 3.71. The van der Waals surface area contributed by atoms with Gasteiger partial charge in [-0.2, -0.15) is 13.2 Å². The van der Waals surface area contributed by atoms with Gasteiger partial charge in [0.1, 0.15) is 6.61 Å². The lowest BCUT2D eigenvalue weighted by molar-refractivity contribution is -0.138. The van der Waals surface area contributed by atoms with Crippen molar-refractivity contribution in [3.8, 4) is 0 Å². The van der Waals surface area contributed by atoms with Crippen molar-refractivity contribution in [2.24, 2.45) is 0 Å². The number of ether oxygens (including phenoxy) is 1. The molecule has 0 aromatic heterocycles. The van der Waals surface area contributed by atoms with Crippen LogP contribution in [0.3, 0.4) is 0 Å². The Morgan fingerprint density at radius 2 is 1.96 bits per heavy atom. The van der Waals surface area contributed by atoms with Gasteiger partial charge in [0.15, 0.2) is 0 Å². The molecule has 0 unspecified atom stereocenters. The van der Waals surface area contributed by atoms with Crippen LogP contribution in [0.2, 0.25) is 0 Å². The van der Waals surface area contributed by atoms with Gasteiger partial charge in [0.05, 0.1) is 12.1 Å². The van der Waals surface area contributed by atoms with Gasteiger partial charge < -0.3 is 10.1 Å². The number of hydrogen-bond donors (Lipinski definition) is 1. The van der Waals surface area contributed by atoms with Crippen molar-refractivity contribution in [2.75, 3.05) is 23.4 Å². The van der Waals surface area contributed by atoms with Crippen LogP contribution >= 0.6 is 15.9 Å². The molecule has 0 radical (unpaired) electrons. The van der Waals surface area contributed by atoms with Crippen LogP contribution in [0.15, 0.2) is 46.9 Å². The van der Waals surface area contributed by atoms with Gasteiger partial charge in [0, 0.05) is 21.4 Å². The lowest BCUT2D eigenvalue weighted by atomic mass is 10.1. The Morgan fingerprint density at radius 3 is 2.62 bits per heavy atom. The van der Waals surface area contributed by atoms with E-state index in [1.165, 1.54) is 29.2 Å². The first-order valence-corrected chi connectivity index (χ1v) is 8.27. The van der Waals surface area contributed by atoms with Gasteiger partial charge in [-0.25, -0.2) is 4.79 Å². The fourth-order valence-corrected chi connectivity index (χ4v) is 2.94. The van der Waals surface area contributed by atoms with Crippen molar-refractivity contribution in [1.82, 2.24) is 0 Å². The van der Waals surface area contributed by atoms with E-state index in [2.05, 4.69) is 21.2 Å². The fraction of sp³-hybridized carbons (Fsp3) is 0.176. The highest BCUT2D eigenvalue weighted by molar-refractivity contribution is 9.10. The van der Waals surface area contributed by atoms with Crippen LogP contribution in [0, 0.1) is 0 Å². The summed E-state index contributed by atoms with van der Waals surface area (Å²) in [6.45, 7) is 0.625. The molecule has 0 atom stereocenters. The number of alkyl halides is 3. The SMILES string of the molecule is O=C(Nc1ccc(Br)c(C(F)(F)F)c1)c1cccc(N2CCOC2=O)c1. The summed E-state index contributed by atoms with van der Waals surface area (Å²) < 4.78 is 43.6. The number of halogens is 4. The number of carbonyl (C=O) groups is 2. The van der Waals surface area contributed by atoms with Crippen LogP contribution in [0.1, 0.15) is 15.9 Å². The highest BCUT2D eigenvalue weighted by atomic mass is 79.9. The molecule has 0 saturated carbocycles. The van der Waals surface area contributed by atoms with Crippen molar-refractivity contribution in [1.29, 1.82) is 0 Å². The van der Waals surface area contributed by atoms with E-state index in [0.29, 0.717) is 12.2 Å². The van der Waals surface area contributed by atoms with Gasteiger partial charge >= 0.3 is 12.3 Å². The summed E-state index contributed by atoms with van der Waals surface area (Å²) in [5.41, 5.74) is -0.189. The molecular formula is C17H12BrF3N2O3. The maximum absolute atomic E-state index is 13.0. The van der Waals surface area contributed by atoms with Gasteiger partial charge in [-0.1, -0.05) is 22.0 Å². The molecule has 9 heteroatoms. The predicted molar refractivity (Wildman–Crippen MR) is 92.2 cm³/mol. The molecule has 1 fully saturated rings. The Bertz CT molecular complexity index is 871. The van der Waals surface area contributed by atoms with E-state index in [0.717, 1.165) is 6.07 Å². The number of rotatable bonds is 3. The number of nitrogens with one attached hydrogen (secondary N) is 1. The van der Waals surface area contributed by atoms with E-state index >= 15 is 0 Å². The third-order valence-corrected chi connectivity index (χ3v) is 4.40. The summed E-state index contributed by atoms with van der Waals surface area (Å²) in [7, 11) is 0. The summed E-state index contributed by atoms with van der Waals surface area (Å²) in [6, 6.07) is 9.64. The van der Waals surface area contributed by atoms with E-state index in [1.807, 2.05) is 0 Å². The Balaban J connectivity index is 1.82. The van der Waals surface area contributed by atoms with E-state index in [1.54, 1.807) is 12.1 Å². The van der Waals surface area contributed by atoms with Crippen molar-refractivity contribution < 1.29 is 27.5 Å². The second kappa shape index (κ2) is 6.99. The summed E-state index contributed by atoms with van der Waals surface area (Å²) >= 11 is 2.85. The standard InChI is InChI=1S/C17H12BrF3N2O3/c18-14-5-4-11(9-13(14)17(19,20)21)22-15(24)10-2-1-3-12(8-10)23-6-7-26-16(23)25/h1-5,8-9H,6-7H2,(H,22,24). The number of carbonyl (C=O) groups excluding carboxylic acids is 2. The van der Waals surface area contributed by atoms with E-state index in [-0.39, 0.29) is 22.3 Å². The molecule has 0 aliphatic carbocycles. The molecule has 2 aromatic rings. The van der Waals surface area contributed by atoms with E-state index in [4.69, 9.17) is 4.74 Å². The quantitative estimate of drug-likeness (QED) is 0.771. The van der Waals surface area contributed by atoms with Crippen LogP contribution < -0.4 is 10.2 Å².